The summed E-state index contributed by atoms with van der Waals surface area (Å²) in [6.07, 6.45) is 0.151. The summed E-state index contributed by atoms with van der Waals surface area (Å²) in [6.45, 7) is 7.45. The fourth-order valence-electron chi connectivity index (χ4n) is 1.73. The third kappa shape index (κ3) is 3.43. The minimum atomic E-state index is 0.151. The number of nitrogens with one attached hydrogen (secondary N) is 1. The number of hydrogen-bond acceptors (Lipinski definition) is 7. The highest BCUT2D eigenvalue weighted by Gasteiger charge is 2.16. The first-order valence-electron chi connectivity index (χ1n) is 6.15. The molecule has 0 aromatic carbocycles. The molecule has 5 nitrogen and oxygen atoms in total. The van der Waals surface area contributed by atoms with Crippen LogP contribution in [-0.4, -0.2) is 28.6 Å². The van der Waals surface area contributed by atoms with Crippen LogP contribution in [0.25, 0.3) is 11.3 Å². The smallest absolute Gasteiger partial charge is 0.148 e. The lowest BCUT2D eigenvalue weighted by molar-refractivity contribution is 0.0856. The Bertz CT molecular complexity index is 538. The Morgan fingerprint density at radius 1 is 1.53 bits per heavy atom. The molecule has 0 aliphatic rings. The van der Waals surface area contributed by atoms with Crippen molar-refractivity contribution in [1.82, 2.24) is 9.36 Å². The van der Waals surface area contributed by atoms with Crippen LogP contribution in [0.3, 0.4) is 0 Å². The first-order chi connectivity index (χ1) is 9.11. The van der Waals surface area contributed by atoms with Crippen molar-refractivity contribution in [2.45, 2.75) is 26.9 Å². The maximum absolute atomic E-state index is 5.94. The summed E-state index contributed by atoms with van der Waals surface area (Å²) in [6, 6.07) is 0. The van der Waals surface area contributed by atoms with Gasteiger partial charge in [-0.2, -0.15) is 4.37 Å². The summed E-state index contributed by atoms with van der Waals surface area (Å²) in [5.74, 6) is 0.530. The number of thiazole rings is 1. The lowest BCUT2D eigenvalue weighted by Crippen LogP contribution is -2.19. The van der Waals surface area contributed by atoms with Crippen LogP contribution in [0.2, 0.25) is 0 Å². The molecular formula is C12H18N4OS2. The molecule has 1 atom stereocenters. The van der Waals surface area contributed by atoms with Crippen molar-refractivity contribution >= 4 is 33.7 Å². The minimum Gasteiger partial charge on any atom is -0.382 e. The molecule has 0 saturated carbocycles. The predicted molar refractivity (Wildman–Crippen MR) is 81.9 cm³/mol. The number of rotatable bonds is 6. The van der Waals surface area contributed by atoms with Gasteiger partial charge in [-0.05, 0) is 32.3 Å². The second kappa shape index (κ2) is 6.31. The van der Waals surface area contributed by atoms with E-state index in [9.17, 15) is 0 Å². The summed E-state index contributed by atoms with van der Waals surface area (Å²) in [5.41, 5.74) is 7.73. The van der Waals surface area contributed by atoms with E-state index in [-0.39, 0.29) is 6.10 Å². The lowest BCUT2D eigenvalue weighted by atomic mass is 10.2. The number of aromatic nitrogens is 2. The Morgan fingerprint density at radius 2 is 2.32 bits per heavy atom. The van der Waals surface area contributed by atoms with Crippen molar-refractivity contribution < 1.29 is 4.74 Å². The molecule has 19 heavy (non-hydrogen) atoms. The molecule has 0 fully saturated rings. The standard InChI is InChI=1S/C12H18N4OS2/c1-4-17-7(2)5-14-12-10(11(13)16-19-12)9-6-18-8(3)15-9/h6-7,14H,4-5H2,1-3H3,(H2,13,16). The highest BCUT2D eigenvalue weighted by Crippen LogP contribution is 2.36. The molecule has 7 heteroatoms. The van der Waals surface area contributed by atoms with E-state index in [1.807, 2.05) is 26.2 Å². The number of hydrogen-bond donors (Lipinski definition) is 2. The average molecular weight is 298 g/mol. The van der Waals surface area contributed by atoms with Crippen LogP contribution in [0.1, 0.15) is 18.9 Å². The van der Waals surface area contributed by atoms with Crippen LogP contribution in [0.4, 0.5) is 10.8 Å². The highest BCUT2D eigenvalue weighted by atomic mass is 32.1. The Hall–Kier alpha value is -1.18. The monoisotopic (exact) mass is 298 g/mol. The third-order valence-corrected chi connectivity index (χ3v) is 4.19. The van der Waals surface area contributed by atoms with Crippen molar-refractivity contribution in [2.24, 2.45) is 0 Å². The minimum absolute atomic E-state index is 0.151. The normalized spacial score (nSPS) is 12.6. The van der Waals surface area contributed by atoms with E-state index in [1.54, 1.807) is 11.3 Å². The molecule has 2 aromatic heterocycles. The number of nitrogens with zero attached hydrogens (tertiary/aromatic N) is 2. The first kappa shape index (κ1) is 14.2. The van der Waals surface area contributed by atoms with E-state index >= 15 is 0 Å². The molecule has 0 aliphatic carbocycles. The zero-order valence-corrected chi connectivity index (χ0v) is 12.9. The van der Waals surface area contributed by atoms with E-state index in [0.29, 0.717) is 12.4 Å². The Balaban J connectivity index is 2.14. The molecule has 0 amide bonds. The molecule has 0 saturated heterocycles. The largest absolute Gasteiger partial charge is 0.382 e. The molecule has 0 radical (unpaired) electrons. The van der Waals surface area contributed by atoms with Crippen LogP contribution < -0.4 is 11.1 Å². The maximum Gasteiger partial charge on any atom is 0.148 e. The van der Waals surface area contributed by atoms with Crippen molar-refractivity contribution in [3.05, 3.63) is 10.4 Å². The van der Waals surface area contributed by atoms with E-state index in [4.69, 9.17) is 10.5 Å². The summed E-state index contributed by atoms with van der Waals surface area (Å²) in [7, 11) is 0. The first-order valence-corrected chi connectivity index (χ1v) is 7.80. The molecule has 2 rings (SSSR count). The van der Waals surface area contributed by atoms with Crippen molar-refractivity contribution in [2.75, 3.05) is 24.2 Å². The number of aryl methyl sites for hydroxylation is 1. The van der Waals surface area contributed by atoms with E-state index in [2.05, 4.69) is 14.7 Å². The summed E-state index contributed by atoms with van der Waals surface area (Å²) < 4.78 is 9.70. The fourth-order valence-corrected chi connectivity index (χ4v) is 3.06. The Kier molecular flexibility index (Phi) is 4.73. The van der Waals surface area contributed by atoms with E-state index in [1.165, 1.54) is 11.5 Å². The van der Waals surface area contributed by atoms with Gasteiger partial charge in [0.2, 0.25) is 0 Å². The van der Waals surface area contributed by atoms with Crippen LogP contribution in [0.15, 0.2) is 5.38 Å². The van der Waals surface area contributed by atoms with Gasteiger partial charge in [0, 0.05) is 18.5 Å². The molecule has 2 aromatic rings. The SMILES string of the molecule is CCOC(C)CNc1snc(N)c1-c1csc(C)n1. The molecule has 1 unspecified atom stereocenters. The fraction of sp³-hybridized carbons (Fsp3) is 0.500. The van der Waals surface area contributed by atoms with Crippen molar-refractivity contribution in [3.8, 4) is 11.3 Å². The number of nitrogen functional groups attached to an aromatic ring is 1. The Morgan fingerprint density at radius 3 is 2.95 bits per heavy atom. The average Bonchev–Trinajstić information content (AvgIpc) is 2.93. The number of ether oxygens (including phenoxy) is 1. The second-order valence-electron chi connectivity index (χ2n) is 4.17. The second-order valence-corrected chi connectivity index (χ2v) is 6.01. The number of anilines is 2. The van der Waals surface area contributed by atoms with Gasteiger partial charge in [-0.1, -0.05) is 0 Å². The van der Waals surface area contributed by atoms with Crippen molar-refractivity contribution in [3.63, 3.8) is 0 Å². The zero-order valence-electron chi connectivity index (χ0n) is 11.3. The molecule has 104 valence electrons. The van der Waals surface area contributed by atoms with Gasteiger partial charge in [-0.15, -0.1) is 11.3 Å². The van der Waals surface area contributed by atoms with Gasteiger partial charge < -0.3 is 15.8 Å². The topological polar surface area (TPSA) is 73.1 Å². The lowest BCUT2D eigenvalue weighted by Gasteiger charge is -2.12. The van der Waals surface area contributed by atoms with Crippen LogP contribution >= 0.6 is 22.9 Å². The molecule has 3 N–H and O–H groups in total. The molecule has 2 heterocycles. The molecular weight excluding hydrogens is 280 g/mol. The van der Waals surface area contributed by atoms with Gasteiger partial charge in [0.1, 0.15) is 10.8 Å². The van der Waals surface area contributed by atoms with Gasteiger partial charge in [0.05, 0.1) is 22.4 Å². The van der Waals surface area contributed by atoms with Gasteiger partial charge in [0.25, 0.3) is 0 Å². The van der Waals surface area contributed by atoms with Gasteiger partial charge in [-0.25, -0.2) is 4.98 Å². The molecule has 0 bridgehead atoms. The van der Waals surface area contributed by atoms with Crippen molar-refractivity contribution in [1.29, 1.82) is 0 Å². The summed E-state index contributed by atoms with van der Waals surface area (Å²) >= 11 is 2.97. The van der Waals surface area contributed by atoms with E-state index < -0.39 is 0 Å². The Labute approximate surface area is 121 Å². The maximum atomic E-state index is 5.94. The zero-order chi connectivity index (χ0) is 13.8. The molecule has 0 aliphatic heterocycles. The van der Waals surface area contributed by atoms with Crippen LogP contribution in [0.5, 0.6) is 0 Å². The molecule has 0 spiro atoms. The van der Waals surface area contributed by atoms with Gasteiger partial charge >= 0.3 is 0 Å². The van der Waals surface area contributed by atoms with Gasteiger partial charge in [0.15, 0.2) is 0 Å². The summed E-state index contributed by atoms with van der Waals surface area (Å²) in [5, 5.41) is 7.32. The quantitative estimate of drug-likeness (QED) is 0.857. The van der Waals surface area contributed by atoms with Gasteiger partial charge in [-0.3, -0.25) is 0 Å². The number of nitrogens with two attached hydrogens (primary N) is 1. The van der Waals surface area contributed by atoms with Crippen LogP contribution in [-0.2, 0) is 4.74 Å². The third-order valence-electron chi connectivity index (χ3n) is 2.59. The summed E-state index contributed by atoms with van der Waals surface area (Å²) in [4.78, 5) is 4.47. The predicted octanol–water partition coefficient (Wildman–Crippen LogP) is 2.99. The highest BCUT2D eigenvalue weighted by molar-refractivity contribution is 7.11. The van der Waals surface area contributed by atoms with E-state index in [0.717, 1.165) is 27.8 Å². The van der Waals surface area contributed by atoms with Crippen LogP contribution in [0, 0.1) is 6.92 Å².